The highest BCUT2D eigenvalue weighted by Gasteiger charge is 2.21. The van der Waals surface area contributed by atoms with Crippen LogP contribution in [0.15, 0.2) is 22.7 Å². The van der Waals surface area contributed by atoms with Crippen LogP contribution in [0.2, 0.25) is 0 Å². The minimum atomic E-state index is -0.191. The van der Waals surface area contributed by atoms with Crippen LogP contribution in [0, 0.1) is 5.82 Å². The summed E-state index contributed by atoms with van der Waals surface area (Å²) in [5, 5.41) is 0. The van der Waals surface area contributed by atoms with Crippen molar-refractivity contribution in [1.29, 1.82) is 0 Å². The smallest absolute Gasteiger partial charge is 0.123 e. The van der Waals surface area contributed by atoms with Gasteiger partial charge in [0.2, 0.25) is 0 Å². The Morgan fingerprint density at radius 2 is 1.79 bits per heavy atom. The van der Waals surface area contributed by atoms with E-state index in [2.05, 4.69) is 20.8 Å². The molecule has 0 bridgehead atoms. The Balaban J connectivity index is 2.19. The fourth-order valence-electron chi connectivity index (χ4n) is 2.83. The van der Waals surface area contributed by atoms with Crippen LogP contribution in [-0.2, 0) is 0 Å². The van der Waals surface area contributed by atoms with E-state index in [0.29, 0.717) is 6.54 Å². The fraction of sp³-hybridized carbons (Fsp3) is 0.600. The summed E-state index contributed by atoms with van der Waals surface area (Å²) >= 11 is 3.52. The zero-order valence-electron chi connectivity index (χ0n) is 11.2. The molecule has 1 aromatic carbocycles. The average Bonchev–Trinajstić information content (AvgIpc) is 2.36. The van der Waals surface area contributed by atoms with E-state index in [0.717, 1.165) is 23.1 Å². The van der Waals surface area contributed by atoms with Crippen LogP contribution in [0.3, 0.4) is 0 Å². The van der Waals surface area contributed by atoms with Gasteiger partial charge in [-0.2, -0.15) is 0 Å². The maximum Gasteiger partial charge on any atom is 0.123 e. The number of hydrogen-bond acceptors (Lipinski definition) is 2. The van der Waals surface area contributed by atoms with Crippen LogP contribution >= 0.6 is 15.9 Å². The minimum absolute atomic E-state index is 0.114. The molecule has 0 aromatic heterocycles. The summed E-state index contributed by atoms with van der Waals surface area (Å²) in [7, 11) is 0. The van der Waals surface area contributed by atoms with Crippen LogP contribution < -0.4 is 5.73 Å². The number of nitrogens with two attached hydrogens (primary N) is 1. The summed E-state index contributed by atoms with van der Waals surface area (Å²) in [6.07, 6.45) is 6.34. The first-order chi connectivity index (χ1) is 9.22. The molecule has 2 rings (SSSR count). The lowest BCUT2D eigenvalue weighted by molar-refractivity contribution is 0.183. The third-order valence-electron chi connectivity index (χ3n) is 3.87. The molecule has 106 valence electrons. The van der Waals surface area contributed by atoms with E-state index in [1.807, 2.05) is 0 Å². The molecule has 0 radical (unpaired) electrons. The SMILES string of the molecule is NCC(c1cc(F)ccc1Br)N1CCCCCCC1. The first kappa shape index (κ1) is 14.9. The van der Waals surface area contributed by atoms with Gasteiger partial charge in [0.05, 0.1) is 0 Å². The van der Waals surface area contributed by atoms with Gasteiger partial charge in [0, 0.05) is 17.1 Å². The van der Waals surface area contributed by atoms with E-state index < -0.39 is 0 Å². The molecule has 1 atom stereocenters. The van der Waals surface area contributed by atoms with Crippen LogP contribution in [0.4, 0.5) is 4.39 Å². The number of halogens is 2. The molecule has 2 N–H and O–H groups in total. The van der Waals surface area contributed by atoms with Crippen molar-refractivity contribution < 1.29 is 4.39 Å². The normalized spacial score (nSPS) is 19.7. The molecule has 1 fully saturated rings. The molecule has 1 aliphatic rings. The van der Waals surface area contributed by atoms with Gasteiger partial charge in [0.25, 0.3) is 0 Å². The molecular formula is C15H22BrFN2. The summed E-state index contributed by atoms with van der Waals surface area (Å²) in [5.74, 6) is -0.191. The molecule has 0 amide bonds. The van der Waals surface area contributed by atoms with E-state index in [1.165, 1.54) is 38.2 Å². The Morgan fingerprint density at radius 3 is 2.42 bits per heavy atom. The molecule has 1 aromatic rings. The molecule has 1 heterocycles. The molecule has 0 aliphatic carbocycles. The third-order valence-corrected chi connectivity index (χ3v) is 4.59. The van der Waals surface area contributed by atoms with Gasteiger partial charge in [0.1, 0.15) is 5.82 Å². The molecule has 1 saturated heterocycles. The molecule has 19 heavy (non-hydrogen) atoms. The lowest BCUT2D eigenvalue weighted by atomic mass is 10.0. The quantitative estimate of drug-likeness (QED) is 0.913. The highest BCUT2D eigenvalue weighted by atomic mass is 79.9. The number of likely N-dealkylation sites (tertiary alicyclic amines) is 1. The highest BCUT2D eigenvalue weighted by molar-refractivity contribution is 9.10. The molecule has 1 unspecified atom stereocenters. The van der Waals surface area contributed by atoms with Gasteiger partial charge in [-0.1, -0.05) is 35.2 Å². The molecule has 4 heteroatoms. The maximum absolute atomic E-state index is 13.5. The molecule has 1 aliphatic heterocycles. The van der Waals surface area contributed by atoms with E-state index in [4.69, 9.17) is 5.73 Å². The number of hydrogen-bond donors (Lipinski definition) is 1. The highest BCUT2D eigenvalue weighted by Crippen LogP contribution is 2.29. The lowest BCUT2D eigenvalue weighted by Crippen LogP contribution is -2.36. The Labute approximate surface area is 123 Å². The molecule has 0 saturated carbocycles. The van der Waals surface area contributed by atoms with Gasteiger partial charge in [-0.25, -0.2) is 4.39 Å². The third kappa shape index (κ3) is 4.01. The second-order valence-electron chi connectivity index (χ2n) is 5.22. The van der Waals surface area contributed by atoms with E-state index in [9.17, 15) is 4.39 Å². The van der Waals surface area contributed by atoms with Crippen LogP contribution in [0.25, 0.3) is 0 Å². The van der Waals surface area contributed by atoms with Crippen molar-refractivity contribution in [3.8, 4) is 0 Å². The lowest BCUT2D eigenvalue weighted by Gasteiger charge is -2.33. The van der Waals surface area contributed by atoms with Crippen molar-refractivity contribution in [3.05, 3.63) is 34.1 Å². The van der Waals surface area contributed by atoms with Crippen LogP contribution in [0.5, 0.6) is 0 Å². The number of rotatable bonds is 3. The Kier molecular flexibility index (Phi) is 5.79. The first-order valence-corrected chi connectivity index (χ1v) is 7.90. The number of benzene rings is 1. The predicted molar refractivity (Wildman–Crippen MR) is 80.6 cm³/mol. The van der Waals surface area contributed by atoms with Gasteiger partial charge in [-0.3, -0.25) is 4.90 Å². The predicted octanol–water partition coefficient (Wildman–Crippen LogP) is 3.85. The Morgan fingerprint density at radius 1 is 1.16 bits per heavy atom. The van der Waals surface area contributed by atoms with E-state index in [1.54, 1.807) is 12.1 Å². The summed E-state index contributed by atoms with van der Waals surface area (Å²) in [5.41, 5.74) is 6.93. The zero-order valence-corrected chi connectivity index (χ0v) is 12.8. The van der Waals surface area contributed by atoms with Gasteiger partial charge in [0.15, 0.2) is 0 Å². The summed E-state index contributed by atoms with van der Waals surface area (Å²) in [6, 6.07) is 4.98. The van der Waals surface area contributed by atoms with Gasteiger partial charge in [-0.05, 0) is 49.7 Å². The maximum atomic E-state index is 13.5. The molecule has 2 nitrogen and oxygen atoms in total. The van der Waals surface area contributed by atoms with Crippen LogP contribution in [-0.4, -0.2) is 24.5 Å². The van der Waals surface area contributed by atoms with Crippen molar-refractivity contribution in [3.63, 3.8) is 0 Å². The average molecular weight is 329 g/mol. The first-order valence-electron chi connectivity index (χ1n) is 7.11. The minimum Gasteiger partial charge on any atom is -0.329 e. The van der Waals surface area contributed by atoms with Crippen molar-refractivity contribution >= 4 is 15.9 Å². The van der Waals surface area contributed by atoms with Gasteiger partial charge < -0.3 is 5.73 Å². The Hall–Kier alpha value is -0.450. The summed E-state index contributed by atoms with van der Waals surface area (Å²) < 4.78 is 14.4. The van der Waals surface area contributed by atoms with Crippen molar-refractivity contribution in [2.24, 2.45) is 5.73 Å². The number of nitrogens with zero attached hydrogens (tertiary/aromatic N) is 1. The molecule has 0 spiro atoms. The van der Waals surface area contributed by atoms with Gasteiger partial charge >= 0.3 is 0 Å². The van der Waals surface area contributed by atoms with Crippen molar-refractivity contribution in [1.82, 2.24) is 4.90 Å². The standard InChI is InChI=1S/C15H22BrFN2/c16-14-7-6-12(17)10-13(14)15(11-18)19-8-4-2-1-3-5-9-19/h6-7,10,15H,1-5,8-9,11,18H2. The van der Waals surface area contributed by atoms with Crippen molar-refractivity contribution in [2.75, 3.05) is 19.6 Å². The Bertz CT molecular complexity index is 403. The summed E-state index contributed by atoms with van der Waals surface area (Å²) in [4.78, 5) is 2.42. The summed E-state index contributed by atoms with van der Waals surface area (Å²) in [6.45, 7) is 2.65. The monoisotopic (exact) mass is 328 g/mol. The van der Waals surface area contributed by atoms with E-state index >= 15 is 0 Å². The second-order valence-corrected chi connectivity index (χ2v) is 6.08. The zero-order chi connectivity index (χ0) is 13.7. The second kappa shape index (κ2) is 7.36. The van der Waals surface area contributed by atoms with Gasteiger partial charge in [-0.15, -0.1) is 0 Å². The fourth-order valence-corrected chi connectivity index (χ4v) is 3.34. The molecular weight excluding hydrogens is 307 g/mol. The van der Waals surface area contributed by atoms with E-state index in [-0.39, 0.29) is 11.9 Å². The van der Waals surface area contributed by atoms with Crippen molar-refractivity contribution in [2.45, 2.75) is 38.1 Å². The van der Waals surface area contributed by atoms with Crippen LogP contribution in [0.1, 0.15) is 43.7 Å². The largest absolute Gasteiger partial charge is 0.329 e. The topological polar surface area (TPSA) is 29.3 Å².